The summed E-state index contributed by atoms with van der Waals surface area (Å²) in [7, 11) is -2.32. The Bertz CT molecular complexity index is 749. The number of imidazole rings is 1. The number of sulfonamides is 1. The van der Waals surface area contributed by atoms with Crippen LogP contribution in [0, 0.1) is 6.92 Å². The molecule has 0 aliphatic heterocycles. The summed E-state index contributed by atoms with van der Waals surface area (Å²) >= 11 is 0. The number of rotatable bonds is 6. The van der Waals surface area contributed by atoms with E-state index in [1.54, 1.807) is 48.9 Å². The van der Waals surface area contributed by atoms with Crippen LogP contribution in [0.15, 0.2) is 41.6 Å². The molecule has 2 rings (SSSR count). The van der Waals surface area contributed by atoms with Gasteiger partial charge < -0.3 is 9.67 Å². The summed E-state index contributed by atoms with van der Waals surface area (Å²) in [4.78, 5) is 15.3. The number of carbonyl (C=O) groups is 1. The van der Waals surface area contributed by atoms with Gasteiger partial charge in [-0.25, -0.2) is 13.4 Å². The Balaban J connectivity index is 2.22. The highest BCUT2D eigenvalue weighted by atomic mass is 32.2. The molecule has 8 heteroatoms. The lowest BCUT2D eigenvalue weighted by Gasteiger charge is -2.13. The van der Waals surface area contributed by atoms with Crippen molar-refractivity contribution >= 4 is 16.0 Å². The SMILES string of the molecule is Cc1nc(S(=O)(=O)N[C@H](Cc2ccccc2)C(=O)O)cn1C. The van der Waals surface area contributed by atoms with Crippen molar-refractivity contribution in [3.05, 3.63) is 47.9 Å². The van der Waals surface area contributed by atoms with E-state index in [4.69, 9.17) is 0 Å². The van der Waals surface area contributed by atoms with Crippen molar-refractivity contribution in [3.63, 3.8) is 0 Å². The zero-order chi connectivity index (χ0) is 16.3. The molecule has 0 aliphatic carbocycles. The molecule has 2 aromatic rings. The Labute approximate surface area is 128 Å². The molecule has 0 fully saturated rings. The normalized spacial score (nSPS) is 13.0. The molecule has 0 saturated carbocycles. The largest absolute Gasteiger partial charge is 0.480 e. The Morgan fingerprint density at radius 3 is 2.50 bits per heavy atom. The van der Waals surface area contributed by atoms with Crippen LogP contribution in [0.1, 0.15) is 11.4 Å². The lowest BCUT2D eigenvalue weighted by molar-refractivity contribution is -0.138. The van der Waals surface area contributed by atoms with Gasteiger partial charge in [0.15, 0.2) is 5.03 Å². The maximum Gasteiger partial charge on any atom is 0.322 e. The summed E-state index contributed by atoms with van der Waals surface area (Å²) in [6, 6.07) is 7.58. The van der Waals surface area contributed by atoms with Crippen LogP contribution in [-0.2, 0) is 28.3 Å². The predicted octanol–water partition coefficient (Wildman–Crippen LogP) is 0.703. The van der Waals surface area contributed by atoms with E-state index < -0.39 is 22.0 Å². The fraction of sp³-hybridized carbons (Fsp3) is 0.286. The second kappa shape index (κ2) is 6.29. The Hall–Kier alpha value is -2.19. The van der Waals surface area contributed by atoms with Gasteiger partial charge in [0.05, 0.1) is 0 Å². The quantitative estimate of drug-likeness (QED) is 0.815. The van der Waals surface area contributed by atoms with Gasteiger partial charge in [-0.2, -0.15) is 4.72 Å². The molecule has 0 bridgehead atoms. The van der Waals surface area contributed by atoms with Gasteiger partial charge in [0.1, 0.15) is 11.9 Å². The van der Waals surface area contributed by atoms with E-state index in [0.29, 0.717) is 5.82 Å². The number of nitrogens with one attached hydrogen (secondary N) is 1. The molecule has 0 spiro atoms. The standard InChI is InChI=1S/C14H17N3O4S/c1-10-15-13(9-17(10)2)22(20,21)16-12(14(18)19)8-11-6-4-3-5-7-11/h3-7,9,12,16H,8H2,1-2H3,(H,18,19)/t12-/m1/s1. The van der Waals surface area contributed by atoms with Crippen LogP contribution < -0.4 is 4.72 Å². The molecule has 0 amide bonds. The average molecular weight is 323 g/mol. The highest BCUT2D eigenvalue weighted by molar-refractivity contribution is 7.89. The Morgan fingerprint density at radius 2 is 2.00 bits per heavy atom. The van der Waals surface area contributed by atoms with Gasteiger partial charge in [-0.1, -0.05) is 30.3 Å². The maximum atomic E-state index is 12.3. The van der Waals surface area contributed by atoms with Crippen LogP contribution in [0.3, 0.4) is 0 Å². The smallest absolute Gasteiger partial charge is 0.322 e. The number of aromatic nitrogens is 2. The van der Waals surface area contributed by atoms with Crippen LogP contribution in [0.5, 0.6) is 0 Å². The molecule has 0 unspecified atom stereocenters. The molecule has 2 N–H and O–H groups in total. The molecular formula is C14H17N3O4S. The third-order valence-electron chi connectivity index (χ3n) is 3.24. The Morgan fingerprint density at radius 1 is 1.36 bits per heavy atom. The van der Waals surface area contributed by atoms with Crippen LogP contribution >= 0.6 is 0 Å². The predicted molar refractivity (Wildman–Crippen MR) is 79.8 cm³/mol. The number of carboxylic acid groups (broad SMARTS) is 1. The average Bonchev–Trinajstić information content (AvgIpc) is 2.80. The topological polar surface area (TPSA) is 101 Å². The van der Waals surface area contributed by atoms with E-state index in [2.05, 4.69) is 9.71 Å². The van der Waals surface area contributed by atoms with E-state index in [9.17, 15) is 18.3 Å². The summed E-state index contributed by atoms with van der Waals surface area (Å²) in [5.74, 6) is -0.713. The maximum absolute atomic E-state index is 12.3. The summed E-state index contributed by atoms with van der Waals surface area (Å²) in [5.41, 5.74) is 0.731. The van der Waals surface area contributed by atoms with Crippen LogP contribution in [0.25, 0.3) is 0 Å². The molecule has 1 atom stereocenters. The fourth-order valence-corrected chi connectivity index (χ4v) is 3.16. The van der Waals surface area contributed by atoms with Crippen molar-refractivity contribution in [3.8, 4) is 0 Å². The van der Waals surface area contributed by atoms with Gasteiger partial charge in [0.2, 0.25) is 0 Å². The minimum atomic E-state index is -3.99. The molecule has 118 valence electrons. The molecule has 0 aliphatic rings. The van der Waals surface area contributed by atoms with Gasteiger partial charge in [-0.3, -0.25) is 4.79 Å². The number of hydrogen-bond donors (Lipinski definition) is 2. The van der Waals surface area contributed by atoms with Gasteiger partial charge in [0, 0.05) is 13.2 Å². The summed E-state index contributed by atoms with van der Waals surface area (Å²) in [6.45, 7) is 1.66. The van der Waals surface area contributed by atoms with Crippen molar-refractivity contribution in [2.24, 2.45) is 7.05 Å². The molecule has 7 nitrogen and oxygen atoms in total. The minimum Gasteiger partial charge on any atom is -0.480 e. The van der Waals surface area contributed by atoms with Crippen molar-refractivity contribution in [1.82, 2.24) is 14.3 Å². The van der Waals surface area contributed by atoms with Gasteiger partial charge in [-0.15, -0.1) is 0 Å². The number of benzene rings is 1. The molecule has 1 heterocycles. The van der Waals surface area contributed by atoms with Crippen LogP contribution in [-0.4, -0.2) is 35.1 Å². The molecule has 0 radical (unpaired) electrons. The van der Waals surface area contributed by atoms with Gasteiger partial charge >= 0.3 is 5.97 Å². The van der Waals surface area contributed by atoms with Crippen LogP contribution in [0.4, 0.5) is 0 Å². The number of nitrogens with zero attached hydrogens (tertiary/aromatic N) is 2. The van der Waals surface area contributed by atoms with Gasteiger partial charge in [0.25, 0.3) is 10.0 Å². The van der Waals surface area contributed by atoms with Crippen molar-refractivity contribution in [2.75, 3.05) is 0 Å². The molecular weight excluding hydrogens is 306 g/mol. The first-order valence-corrected chi connectivity index (χ1v) is 8.07. The lowest BCUT2D eigenvalue weighted by atomic mass is 10.1. The third-order valence-corrected chi connectivity index (χ3v) is 4.58. The molecule has 22 heavy (non-hydrogen) atoms. The van der Waals surface area contributed by atoms with Crippen LogP contribution in [0.2, 0.25) is 0 Å². The second-order valence-corrected chi connectivity index (χ2v) is 6.60. The second-order valence-electron chi connectivity index (χ2n) is 4.94. The van der Waals surface area contributed by atoms with Crippen molar-refractivity contribution < 1.29 is 18.3 Å². The Kier molecular flexibility index (Phi) is 4.62. The summed E-state index contributed by atoms with van der Waals surface area (Å²) in [6.07, 6.45) is 1.40. The van der Waals surface area contributed by atoms with E-state index in [-0.39, 0.29) is 11.4 Å². The first-order chi connectivity index (χ1) is 10.3. The zero-order valence-corrected chi connectivity index (χ0v) is 13.0. The van der Waals surface area contributed by atoms with Crippen molar-refractivity contribution in [2.45, 2.75) is 24.4 Å². The van der Waals surface area contributed by atoms with E-state index >= 15 is 0 Å². The fourth-order valence-electron chi connectivity index (χ4n) is 1.93. The number of carboxylic acids is 1. The first-order valence-electron chi connectivity index (χ1n) is 6.58. The molecule has 0 saturated heterocycles. The lowest BCUT2D eigenvalue weighted by Crippen LogP contribution is -2.42. The van der Waals surface area contributed by atoms with E-state index in [0.717, 1.165) is 5.56 Å². The van der Waals surface area contributed by atoms with Gasteiger partial charge in [-0.05, 0) is 18.9 Å². The van der Waals surface area contributed by atoms with Crippen molar-refractivity contribution in [1.29, 1.82) is 0 Å². The minimum absolute atomic E-state index is 0.0568. The highest BCUT2D eigenvalue weighted by Crippen LogP contribution is 2.10. The summed E-state index contributed by atoms with van der Waals surface area (Å²) in [5, 5.41) is 9.06. The monoisotopic (exact) mass is 323 g/mol. The third kappa shape index (κ3) is 3.71. The highest BCUT2D eigenvalue weighted by Gasteiger charge is 2.27. The van der Waals surface area contributed by atoms with E-state index in [1.807, 2.05) is 0 Å². The zero-order valence-electron chi connectivity index (χ0n) is 12.2. The first kappa shape index (κ1) is 16.2. The number of hydrogen-bond acceptors (Lipinski definition) is 4. The molecule has 1 aromatic heterocycles. The number of aliphatic carboxylic acids is 1. The molecule has 1 aromatic carbocycles. The summed E-state index contributed by atoms with van der Waals surface area (Å²) < 4.78 is 28.3. The number of aryl methyl sites for hydroxylation is 2. The van der Waals surface area contributed by atoms with E-state index in [1.165, 1.54) is 6.20 Å².